The van der Waals surface area contributed by atoms with E-state index in [4.69, 9.17) is 11.6 Å². The highest BCUT2D eigenvalue weighted by molar-refractivity contribution is 6.30. The van der Waals surface area contributed by atoms with Crippen LogP contribution in [0.15, 0.2) is 53.6 Å². The number of anilines is 1. The van der Waals surface area contributed by atoms with Gasteiger partial charge in [0.1, 0.15) is 0 Å². The molecule has 0 saturated heterocycles. The molecule has 2 aromatic carbocycles. The van der Waals surface area contributed by atoms with Gasteiger partial charge in [0.25, 0.3) is 11.8 Å². The van der Waals surface area contributed by atoms with Gasteiger partial charge in [-0.3, -0.25) is 9.59 Å². The van der Waals surface area contributed by atoms with Crippen LogP contribution in [-0.4, -0.2) is 38.2 Å². The van der Waals surface area contributed by atoms with Crippen LogP contribution in [0.5, 0.6) is 0 Å². The molecule has 0 aliphatic heterocycles. The molecule has 0 aliphatic carbocycles. The SMILES string of the molecule is C/C(=N\NC(=O)CNC(=O)c1ccc(Cl)cc1)c1ccc(N(C)C)cc1. The number of amides is 2. The molecule has 7 heteroatoms. The number of hydrazone groups is 1. The largest absolute Gasteiger partial charge is 0.378 e. The van der Waals surface area contributed by atoms with Gasteiger partial charge in [0, 0.05) is 30.4 Å². The van der Waals surface area contributed by atoms with Crippen molar-refractivity contribution in [3.05, 3.63) is 64.7 Å². The summed E-state index contributed by atoms with van der Waals surface area (Å²) in [6, 6.07) is 14.2. The standard InChI is InChI=1S/C19H21ClN4O2/c1-13(14-6-10-17(11-7-14)24(2)3)22-23-18(25)12-21-19(26)15-4-8-16(20)9-5-15/h4-11H,12H2,1-3H3,(H,21,26)(H,23,25)/b22-13+. The van der Waals surface area contributed by atoms with Crippen molar-refractivity contribution in [3.8, 4) is 0 Å². The number of hydrogen-bond acceptors (Lipinski definition) is 4. The molecule has 0 unspecified atom stereocenters. The number of carbonyl (C=O) groups is 2. The van der Waals surface area contributed by atoms with Gasteiger partial charge in [-0.25, -0.2) is 5.43 Å². The third kappa shape index (κ3) is 5.60. The fourth-order valence-corrected chi connectivity index (χ4v) is 2.24. The topological polar surface area (TPSA) is 73.8 Å². The molecule has 2 amide bonds. The second-order valence-corrected chi connectivity index (χ2v) is 6.30. The van der Waals surface area contributed by atoms with Crippen LogP contribution in [0.2, 0.25) is 5.02 Å². The highest BCUT2D eigenvalue weighted by Crippen LogP contribution is 2.12. The van der Waals surface area contributed by atoms with Gasteiger partial charge in [-0.1, -0.05) is 23.7 Å². The number of halogens is 1. The molecule has 0 fully saturated rings. The zero-order valence-electron chi connectivity index (χ0n) is 14.9. The normalized spacial score (nSPS) is 11.0. The van der Waals surface area contributed by atoms with E-state index in [2.05, 4.69) is 15.8 Å². The minimum Gasteiger partial charge on any atom is -0.378 e. The van der Waals surface area contributed by atoms with Crippen LogP contribution in [0.4, 0.5) is 5.69 Å². The van der Waals surface area contributed by atoms with Crippen molar-refractivity contribution in [2.45, 2.75) is 6.92 Å². The summed E-state index contributed by atoms with van der Waals surface area (Å²) >= 11 is 5.78. The number of hydrogen-bond donors (Lipinski definition) is 2. The van der Waals surface area contributed by atoms with Gasteiger partial charge in [0.2, 0.25) is 0 Å². The second kappa shape index (κ2) is 9.01. The van der Waals surface area contributed by atoms with E-state index in [1.807, 2.05) is 43.3 Å². The summed E-state index contributed by atoms with van der Waals surface area (Å²) in [5.74, 6) is -0.756. The van der Waals surface area contributed by atoms with Crippen molar-refractivity contribution >= 4 is 34.8 Å². The molecule has 0 aliphatic rings. The molecule has 0 radical (unpaired) electrons. The van der Waals surface area contributed by atoms with E-state index in [9.17, 15) is 9.59 Å². The molecule has 0 spiro atoms. The predicted octanol–water partition coefficient (Wildman–Crippen LogP) is 2.68. The van der Waals surface area contributed by atoms with Crippen LogP contribution in [-0.2, 0) is 4.79 Å². The summed E-state index contributed by atoms with van der Waals surface area (Å²) < 4.78 is 0. The predicted molar refractivity (Wildman–Crippen MR) is 105 cm³/mol. The minimum atomic E-state index is -0.406. The Morgan fingerprint density at radius 3 is 2.15 bits per heavy atom. The quantitative estimate of drug-likeness (QED) is 0.604. The number of carbonyl (C=O) groups excluding carboxylic acids is 2. The monoisotopic (exact) mass is 372 g/mol. The number of nitrogens with one attached hydrogen (secondary N) is 2. The minimum absolute atomic E-state index is 0.169. The molecule has 2 aromatic rings. The summed E-state index contributed by atoms with van der Waals surface area (Å²) in [6.45, 7) is 1.63. The van der Waals surface area contributed by atoms with Crippen LogP contribution in [0.25, 0.3) is 0 Å². The van der Waals surface area contributed by atoms with Crippen LogP contribution < -0.4 is 15.6 Å². The van der Waals surface area contributed by atoms with Gasteiger partial charge in [0.15, 0.2) is 0 Å². The number of nitrogens with zero attached hydrogens (tertiary/aromatic N) is 2. The van der Waals surface area contributed by atoms with Crippen molar-refractivity contribution in [3.63, 3.8) is 0 Å². The lowest BCUT2D eigenvalue weighted by molar-refractivity contribution is -0.120. The molecule has 0 bridgehead atoms. The summed E-state index contributed by atoms with van der Waals surface area (Å²) in [5, 5.41) is 7.14. The van der Waals surface area contributed by atoms with E-state index in [1.165, 1.54) is 0 Å². The Balaban J connectivity index is 1.85. The molecule has 0 aromatic heterocycles. The highest BCUT2D eigenvalue weighted by Gasteiger charge is 2.08. The lowest BCUT2D eigenvalue weighted by Crippen LogP contribution is -2.35. The maximum absolute atomic E-state index is 11.9. The van der Waals surface area contributed by atoms with E-state index in [-0.39, 0.29) is 12.5 Å². The van der Waals surface area contributed by atoms with Gasteiger partial charge in [-0.15, -0.1) is 0 Å². The van der Waals surface area contributed by atoms with E-state index in [0.717, 1.165) is 11.3 Å². The molecule has 2 N–H and O–H groups in total. The van der Waals surface area contributed by atoms with Gasteiger partial charge in [-0.05, 0) is 48.9 Å². The van der Waals surface area contributed by atoms with Crippen LogP contribution >= 0.6 is 11.6 Å². The Morgan fingerprint density at radius 1 is 1.00 bits per heavy atom. The smallest absolute Gasteiger partial charge is 0.259 e. The van der Waals surface area contributed by atoms with Gasteiger partial charge >= 0.3 is 0 Å². The van der Waals surface area contributed by atoms with Gasteiger partial charge in [0.05, 0.1) is 12.3 Å². The molecule has 0 saturated carbocycles. The zero-order chi connectivity index (χ0) is 19.1. The summed E-state index contributed by atoms with van der Waals surface area (Å²) in [6.07, 6.45) is 0. The number of rotatable bonds is 6. The number of benzene rings is 2. The first-order valence-electron chi connectivity index (χ1n) is 8.01. The molecular weight excluding hydrogens is 352 g/mol. The van der Waals surface area contributed by atoms with Gasteiger partial charge in [-0.2, -0.15) is 5.10 Å². The lowest BCUT2D eigenvalue weighted by atomic mass is 10.1. The second-order valence-electron chi connectivity index (χ2n) is 5.86. The third-order valence-electron chi connectivity index (χ3n) is 3.67. The maximum atomic E-state index is 11.9. The molecule has 6 nitrogen and oxygen atoms in total. The highest BCUT2D eigenvalue weighted by atomic mass is 35.5. The Morgan fingerprint density at radius 2 is 1.58 bits per heavy atom. The van der Waals surface area contributed by atoms with E-state index >= 15 is 0 Å². The third-order valence-corrected chi connectivity index (χ3v) is 3.92. The van der Waals surface area contributed by atoms with Crippen molar-refractivity contribution < 1.29 is 9.59 Å². The average molecular weight is 373 g/mol. The van der Waals surface area contributed by atoms with E-state index in [1.54, 1.807) is 31.2 Å². The zero-order valence-corrected chi connectivity index (χ0v) is 15.7. The van der Waals surface area contributed by atoms with Crippen LogP contribution in [0, 0.1) is 0 Å². The maximum Gasteiger partial charge on any atom is 0.259 e. The van der Waals surface area contributed by atoms with Crippen molar-refractivity contribution in [1.82, 2.24) is 10.7 Å². The van der Waals surface area contributed by atoms with Crippen molar-refractivity contribution in [1.29, 1.82) is 0 Å². The molecule has 136 valence electrons. The average Bonchev–Trinajstić information content (AvgIpc) is 2.64. The van der Waals surface area contributed by atoms with Crippen molar-refractivity contribution in [2.75, 3.05) is 25.5 Å². The summed E-state index contributed by atoms with van der Waals surface area (Å²) in [4.78, 5) is 25.8. The fraction of sp³-hybridized carbons (Fsp3) is 0.211. The first-order chi connectivity index (χ1) is 12.4. The van der Waals surface area contributed by atoms with E-state index < -0.39 is 5.91 Å². The Hall–Kier alpha value is -2.86. The fourth-order valence-electron chi connectivity index (χ4n) is 2.11. The molecule has 0 heterocycles. The van der Waals surface area contributed by atoms with Crippen LogP contribution in [0.3, 0.4) is 0 Å². The first-order valence-corrected chi connectivity index (χ1v) is 8.39. The van der Waals surface area contributed by atoms with E-state index in [0.29, 0.717) is 16.3 Å². The first kappa shape index (κ1) is 19.5. The van der Waals surface area contributed by atoms with Crippen LogP contribution in [0.1, 0.15) is 22.8 Å². The summed E-state index contributed by atoms with van der Waals surface area (Å²) in [7, 11) is 3.93. The lowest BCUT2D eigenvalue weighted by Gasteiger charge is -2.12. The molecule has 26 heavy (non-hydrogen) atoms. The van der Waals surface area contributed by atoms with Crippen molar-refractivity contribution in [2.24, 2.45) is 5.10 Å². The summed E-state index contributed by atoms with van der Waals surface area (Å²) in [5.41, 5.74) is 5.53. The Kier molecular flexibility index (Phi) is 6.74. The Labute approximate surface area is 157 Å². The molecule has 0 atom stereocenters. The molecule has 2 rings (SSSR count). The Bertz CT molecular complexity index is 799. The molecular formula is C19H21ClN4O2. The van der Waals surface area contributed by atoms with Gasteiger partial charge < -0.3 is 10.2 Å².